The number of carbonyl (C=O) groups is 1. The van der Waals surface area contributed by atoms with Crippen LogP contribution in [0, 0.1) is 6.92 Å². The summed E-state index contributed by atoms with van der Waals surface area (Å²) in [6.45, 7) is 1.99. The number of nitrogens with zero attached hydrogens (tertiary/aromatic N) is 1. The fourth-order valence-electron chi connectivity index (χ4n) is 1.29. The van der Waals surface area contributed by atoms with Crippen molar-refractivity contribution in [3.63, 3.8) is 0 Å². The first-order valence-electron chi connectivity index (χ1n) is 4.78. The van der Waals surface area contributed by atoms with Gasteiger partial charge in [0.15, 0.2) is 5.69 Å². The smallest absolute Gasteiger partial charge is 0.357 e. The zero-order chi connectivity index (χ0) is 12.4. The number of benzene rings is 1. The number of carboxylic acids is 1. The standard InChI is InChI=1S/C11H9BrN2O2S/c1-6-2-3-7(4-8(6)12)14-10-9(11(15)16)13-5-17-10/h2-5,14H,1H3,(H,15,16). The molecule has 0 fully saturated rings. The predicted octanol–water partition coefficient (Wildman–Crippen LogP) is 3.66. The number of aromatic nitrogens is 1. The molecule has 0 amide bonds. The Bertz CT molecular complexity index is 568. The van der Waals surface area contributed by atoms with Gasteiger partial charge in [-0.3, -0.25) is 0 Å². The maximum atomic E-state index is 10.9. The highest BCUT2D eigenvalue weighted by Gasteiger charge is 2.13. The quantitative estimate of drug-likeness (QED) is 0.908. The zero-order valence-electron chi connectivity index (χ0n) is 8.90. The highest BCUT2D eigenvalue weighted by atomic mass is 79.9. The van der Waals surface area contributed by atoms with Gasteiger partial charge in [-0.05, 0) is 24.6 Å². The number of anilines is 2. The van der Waals surface area contributed by atoms with E-state index in [4.69, 9.17) is 5.11 Å². The molecule has 0 spiro atoms. The summed E-state index contributed by atoms with van der Waals surface area (Å²) in [6, 6.07) is 5.75. The SMILES string of the molecule is Cc1ccc(Nc2scnc2C(=O)O)cc1Br. The molecule has 0 atom stereocenters. The molecule has 1 aromatic carbocycles. The van der Waals surface area contributed by atoms with Gasteiger partial charge in [-0.2, -0.15) is 0 Å². The molecule has 17 heavy (non-hydrogen) atoms. The van der Waals surface area contributed by atoms with Crippen molar-refractivity contribution in [1.29, 1.82) is 0 Å². The minimum Gasteiger partial charge on any atom is -0.476 e. The van der Waals surface area contributed by atoms with Crippen LogP contribution >= 0.6 is 27.3 Å². The van der Waals surface area contributed by atoms with Gasteiger partial charge in [-0.15, -0.1) is 11.3 Å². The van der Waals surface area contributed by atoms with Gasteiger partial charge in [0, 0.05) is 10.2 Å². The van der Waals surface area contributed by atoms with Crippen LogP contribution in [0.1, 0.15) is 16.1 Å². The monoisotopic (exact) mass is 312 g/mol. The Morgan fingerprint density at radius 2 is 2.29 bits per heavy atom. The lowest BCUT2D eigenvalue weighted by atomic mass is 10.2. The molecule has 0 aliphatic carbocycles. The summed E-state index contributed by atoms with van der Waals surface area (Å²) in [6.07, 6.45) is 0. The molecule has 2 N–H and O–H groups in total. The van der Waals surface area contributed by atoms with E-state index in [1.54, 1.807) is 0 Å². The number of nitrogens with one attached hydrogen (secondary N) is 1. The lowest BCUT2D eigenvalue weighted by Gasteiger charge is -2.06. The molecule has 1 aromatic heterocycles. The van der Waals surface area contributed by atoms with Crippen molar-refractivity contribution in [3.05, 3.63) is 39.4 Å². The summed E-state index contributed by atoms with van der Waals surface area (Å²) >= 11 is 4.69. The fourth-order valence-corrected chi connectivity index (χ4v) is 2.36. The molecule has 6 heteroatoms. The largest absolute Gasteiger partial charge is 0.476 e. The summed E-state index contributed by atoms with van der Waals surface area (Å²) in [7, 11) is 0. The number of hydrogen-bond donors (Lipinski definition) is 2. The van der Waals surface area contributed by atoms with Crippen LogP contribution in [0.5, 0.6) is 0 Å². The highest BCUT2D eigenvalue weighted by molar-refractivity contribution is 9.10. The van der Waals surface area contributed by atoms with Crippen molar-refractivity contribution in [1.82, 2.24) is 4.98 Å². The Kier molecular flexibility index (Phi) is 3.44. The van der Waals surface area contributed by atoms with Gasteiger partial charge in [0.05, 0.1) is 5.51 Å². The van der Waals surface area contributed by atoms with Crippen molar-refractivity contribution >= 4 is 43.9 Å². The minimum absolute atomic E-state index is 0.0479. The van der Waals surface area contributed by atoms with Gasteiger partial charge in [0.25, 0.3) is 0 Å². The summed E-state index contributed by atoms with van der Waals surface area (Å²) in [5.41, 5.74) is 3.51. The lowest BCUT2D eigenvalue weighted by Crippen LogP contribution is -2.01. The summed E-state index contributed by atoms with van der Waals surface area (Å²) in [5, 5.41) is 12.5. The molecule has 0 bridgehead atoms. The molecule has 4 nitrogen and oxygen atoms in total. The number of rotatable bonds is 3. The molecule has 0 aliphatic rings. The van der Waals surface area contributed by atoms with Crippen molar-refractivity contribution < 1.29 is 9.90 Å². The van der Waals surface area contributed by atoms with Crippen LogP contribution in [0.2, 0.25) is 0 Å². The molecule has 0 unspecified atom stereocenters. The Hall–Kier alpha value is -1.40. The predicted molar refractivity (Wildman–Crippen MR) is 71.2 cm³/mol. The molecule has 0 radical (unpaired) electrons. The molecule has 0 saturated heterocycles. The average Bonchev–Trinajstić information content (AvgIpc) is 2.72. The summed E-state index contributed by atoms with van der Waals surface area (Å²) < 4.78 is 0.976. The van der Waals surface area contributed by atoms with E-state index in [9.17, 15) is 4.79 Å². The molecule has 1 heterocycles. The van der Waals surface area contributed by atoms with E-state index in [0.29, 0.717) is 5.00 Å². The van der Waals surface area contributed by atoms with Gasteiger partial charge in [-0.1, -0.05) is 22.0 Å². The van der Waals surface area contributed by atoms with Crippen LogP contribution in [-0.4, -0.2) is 16.1 Å². The molecule has 88 valence electrons. The van der Waals surface area contributed by atoms with Gasteiger partial charge in [0.2, 0.25) is 0 Å². The first kappa shape index (κ1) is 12.1. The Morgan fingerprint density at radius 3 is 2.94 bits per heavy atom. The second-order valence-electron chi connectivity index (χ2n) is 3.42. The Balaban J connectivity index is 2.28. The van der Waals surface area contributed by atoms with E-state index in [0.717, 1.165) is 15.7 Å². The van der Waals surface area contributed by atoms with Crippen molar-refractivity contribution in [2.45, 2.75) is 6.92 Å². The summed E-state index contributed by atoms with van der Waals surface area (Å²) in [5.74, 6) is -1.03. The van der Waals surface area contributed by atoms with Crippen molar-refractivity contribution in [3.8, 4) is 0 Å². The second kappa shape index (κ2) is 4.85. The fraction of sp³-hybridized carbons (Fsp3) is 0.0909. The van der Waals surface area contributed by atoms with Gasteiger partial charge in [0.1, 0.15) is 5.00 Å². The number of aromatic carboxylic acids is 1. The summed E-state index contributed by atoms with van der Waals surface area (Å²) in [4.78, 5) is 14.7. The number of thiazole rings is 1. The minimum atomic E-state index is -1.03. The van der Waals surface area contributed by atoms with Gasteiger partial charge >= 0.3 is 5.97 Å². The Labute approximate surface area is 110 Å². The van der Waals surface area contributed by atoms with E-state index in [2.05, 4.69) is 26.2 Å². The lowest BCUT2D eigenvalue weighted by molar-refractivity contribution is 0.0692. The average molecular weight is 313 g/mol. The van der Waals surface area contributed by atoms with Crippen molar-refractivity contribution in [2.75, 3.05) is 5.32 Å². The van der Waals surface area contributed by atoms with Gasteiger partial charge < -0.3 is 10.4 Å². The van der Waals surface area contributed by atoms with E-state index >= 15 is 0 Å². The van der Waals surface area contributed by atoms with Crippen LogP contribution < -0.4 is 5.32 Å². The molecule has 2 rings (SSSR count). The van der Waals surface area contributed by atoms with E-state index in [-0.39, 0.29) is 5.69 Å². The number of aryl methyl sites for hydroxylation is 1. The van der Waals surface area contributed by atoms with Crippen LogP contribution in [-0.2, 0) is 0 Å². The van der Waals surface area contributed by atoms with E-state index in [1.165, 1.54) is 16.8 Å². The second-order valence-corrected chi connectivity index (χ2v) is 5.13. The normalized spacial score (nSPS) is 10.2. The first-order valence-corrected chi connectivity index (χ1v) is 6.45. The maximum absolute atomic E-state index is 10.9. The highest BCUT2D eigenvalue weighted by Crippen LogP contribution is 2.27. The molecule has 0 aliphatic heterocycles. The van der Waals surface area contributed by atoms with E-state index < -0.39 is 5.97 Å². The third kappa shape index (κ3) is 2.65. The third-order valence-corrected chi connectivity index (χ3v) is 3.80. The van der Waals surface area contributed by atoms with Gasteiger partial charge in [-0.25, -0.2) is 9.78 Å². The Morgan fingerprint density at radius 1 is 1.53 bits per heavy atom. The molecule has 0 saturated carbocycles. The van der Waals surface area contributed by atoms with Crippen LogP contribution in [0.4, 0.5) is 10.7 Å². The number of halogens is 1. The number of carboxylic acid groups (broad SMARTS) is 1. The van der Waals surface area contributed by atoms with E-state index in [1.807, 2.05) is 25.1 Å². The zero-order valence-corrected chi connectivity index (χ0v) is 11.3. The number of hydrogen-bond acceptors (Lipinski definition) is 4. The molecular weight excluding hydrogens is 304 g/mol. The molecular formula is C11H9BrN2O2S. The topological polar surface area (TPSA) is 62.2 Å². The molecule has 2 aromatic rings. The van der Waals surface area contributed by atoms with Crippen molar-refractivity contribution in [2.24, 2.45) is 0 Å². The maximum Gasteiger partial charge on any atom is 0.357 e. The van der Waals surface area contributed by atoms with Crippen LogP contribution in [0.3, 0.4) is 0 Å². The van der Waals surface area contributed by atoms with Crippen LogP contribution in [0.15, 0.2) is 28.2 Å². The van der Waals surface area contributed by atoms with Crippen LogP contribution in [0.25, 0.3) is 0 Å². The third-order valence-electron chi connectivity index (χ3n) is 2.20. The first-order chi connectivity index (χ1) is 8.08.